The molecule has 0 saturated heterocycles. The number of ether oxygens (including phenoxy) is 1. The molecule has 0 aliphatic heterocycles. The highest BCUT2D eigenvalue weighted by Crippen LogP contribution is 2.43. The van der Waals surface area contributed by atoms with Gasteiger partial charge in [-0.3, -0.25) is 4.79 Å². The summed E-state index contributed by atoms with van der Waals surface area (Å²) in [5.41, 5.74) is 1.19. The normalized spacial score (nSPS) is 15.1. The fraction of sp³-hybridized carbons (Fsp3) is 0.278. The number of benzene rings is 2. The van der Waals surface area contributed by atoms with Gasteiger partial charge in [-0.25, -0.2) is 0 Å². The van der Waals surface area contributed by atoms with E-state index in [0.717, 1.165) is 16.7 Å². The molecule has 110 valence electrons. The third kappa shape index (κ3) is 3.42. The van der Waals surface area contributed by atoms with E-state index in [1.165, 1.54) is 5.56 Å². The Labute approximate surface area is 129 Å². The molecule has 2 nitrogen and oxygen atoms in total. The lowest BCUT2D eigenvalue weighted by atomic mass is 9.84. The van der Waals surface area contributed by atoms with E-state index in [2.05, 4.69) is 26.0 Å². The van der Waals surface area contributed by atoms with Crippen LogP contribution in [0.15, 0.2) is 60.7 Å². The van der Waals surface area contributed by atoms with Crippen molar-refractivity contribution < 1.29 is 9.53 Å². The first-order valence-corrected chi connectivity index (χ1v) is 8.40. The second-order valence-electron chi connectivity index (χ2n) is 5.61. The lowest BCUT2D eigenvalue weighted by molar-refractivity contribution is -0.138. The first-order chi connectivity index (χ1) is 10.1. The number of carbonyl (C=O) groups excluding carboxylic acids is 1. The van der Waals surface area contributed by atoms with Crippen LogP contribution in [0.25, 0.3) is 0 Å². The summed E-state index contributed by atoms with van der Waals surface area (Å²) < 4.78 is 5.61. The zero-order valence-corrected chi connectivity index (χ0v) is 14.9. The highest BCUT2D eigenvalue weighted by Gasteiger charge is 2.39. The van der Waals surface area contributed by atoms with Gasteiger partial charge < -0.3 is 4.74 Å². The Kier molecular flexibility index (Phi) is 4.97. The van der Waals surface area contributed by atoms with E-state index in [-0.39, 0.29) is 11.9 Å². The number of para-hydroxylation sites is 1. The zero-order chi connectivity index (χ0) is 15.3. The summed E-state index contributed by atoms with van der Waals surface area (Å²) in [7, 11) is 0.758. The fourth-order valence-corrected chi connectivity index (χ4v) is 2.88. The molecule has 2 unspecified atom stereocenters. The molecule has 2 aromatic carbocycles. The number of hydrogen-bond donors (Lipinski definition) is 0. The fourth-order valence-electron chi connectivity index (χ4n) is 2.45. The first-order valence-electron chi connectivity index (χ1n) is 7.40. The van der Waals surface area contributed by atoms with Gasteiger partial charge in [-0.15, -0.1) is 0 Å². The monoisotopic (exact) mass is 298 g/mol. The van der Waals surface area contributed by atoms with E-state index in [4.69, 9.17) is 4.74 Å². The lowest BCUT2D eigenvalue weighted by Gasteiger charge is -2.32. The van der Waals surface area contributed by atoms with Crippen molar-refractivity contribution in [2.75, 3.05) is 0 Å². The maximum Gasteiger partial charge on any atom is 0.314 e. The molecule has 0 bridgehead atoms. The molecule has 0 spiro atoms. The topological polar surface area (TPSA) is 26.3 Å². The minimum atomic E-state index is -0.406. The van der Waals surface area contributed by atoms with E-state index in [1.54, 1.807) is 0 Å². The molecule has 2 aromatic rings. The van der Waals surface area contributed by atoms with Crippen LogP contribution in [-0.2, 0) is 4.79 Å². The van der Waals surface area contributed by atoms with Gasteiger partial charge in [0.25, 0.3) is 0 Å². The number of carbonyl (C=O) groups is 1. The van der Waals surface area contributed by atoms with Gasteiger partial charge in [0.1, 0.15) is 5.75 Å². The summed E-state index contributed by atoms with van der Waals surface area (Å²) in [5.74, 6) is 0.669. The van der Waals surface area contributed by atoms with Crippen molar-refractivity contribution in [2.45, 2.75) is 31.2 Å². The smallest absolute Gasteiger partial charge is 0.314 e. The van der Waals surface area contributed by atoms with Crippen LogP contribution in [0.2, 0.25) is 5.04 Å². The van der Waals surface area contributed by atoms with E-state index in [9.17, 15) is 4.79 Å². The summed E-state index contributed by atoms with van der Waals surface area (Å²) in [6, 6.07) is 19.5. The molecule has 0 aliphatic carbocycles. The molecular formula is C18H22O2Si. The molecule has 0 aromatic heterocycles. The minimum absolute atomic E-state index is 0.112. The first kappa shape index (κ1) is 15.5. The minimum Gasteiger partial charge on any atom is -0.426 e. The van der Waals surface area contributed by atoms with Crippen molar-refractivity contribution in [3.63, 3.8) is 0 Å². The van der Waals surface area contributed by atoms with Crippen molar-refractivity contribution >= 4 is 16.2 Å². The van der Waals surface area contributed by atoms with Gasteiger partial charge in [-0.1, -0.05) is 62.4 Å². The van der Waals surface area contributed by atoms with E-state index in [0.29, 0.717) is 5.75 Å². The number of esters is 1. The van der Waals surface area contributed by atoms with Crippen LogP contribution in [-0.4, -0.2) is 16.2 Å². The molecule has 2 atom stereocenters. The Morgan fingerprint density at radius 3 is 2.14 bits per heavy atom. The van der Waals surface area contributed by atoms with Crippen molar-refractivity contribution in [3.8, 4) is 5.75 Å². The molecule has 3 heteroatoms. The lowest BCUT2D eigenvalue weighted by Crippen LogP contribution is -2.33. The maximum atomic E-state index is 12.7. The van der Waals surface area contributed by atoms with Crippen LogP contribution in [0, 0.1) is 0 Å². The summed E-state index contributed by atoms with van der Waals surface area (Å²) in [6.07, 6.45) is 0.793. The molecule has 2 rings (SSSR count). The van der Waals surface area contributed by atoms with Crippen molar-refractivity contribution in [1.82, 2.24) is 0 Å². The van der Waals surface area contributed by atoms with Gasteiger partial charge in [0, 0.05) is 10.2 Å². The number of hydrogen-bond acceptors (Lipinski definition) is 2. The largest absolute Gasteiger partial charge is 0.426 e. The average molecular weight is 298 g/mol. The van der Waals surface area contributed by atoms with Gasteiger partial charge in [-0.2, -0.15) is 0 Å². The van der Waals surface area contributed by atoms with Crippen LogP contribution >= 0.6 is 0 Å². The Hall–Kier alpha value is -1.87. The Balaban J connectivity index is 2.22. The Morgan fingerprint density at radius 1 is 1.10 bits per heavy atom. The molecule has 0 fully saturated rings. The van der Waals surface area contributed by atoms with Crippen LogP contribution in [0.3, 0.4) is 0 Å². The van der Waals surface area contributed by atoms with Gasteiger partial charge in [0.2, 0.25) is 0 Å². The zero-order valence-electron chi connectivity index (χ0n) is 12.9. The molecule has 0 aliphatic rings. The quantitative estimate of drug-likeness (QED) is 0.481. The van der Waals surface area contributed by atoms with Gasteiger partial charge >= 0.3 is 5.97 Å². The molecular weight excluding hydrogens is 276 g/mol. The molecule has 0 saturated carbocycles. The predicted molar refractivity (Wildman–Crippen MR) is 89.9 cm³/mol. The summed E-state index contributed by atoms with van der Waals surface area (Å²) in [5, 5.41) is -0.406. The van der Waals surface area contributed by atoms with Crippen LogP contribution in [0.1, 0.15) is 31.7 Å². The average Bonchev–Trinajstić information content (AvgIpc) is 2.55. The second-order valence-corrected chi connectivity index (χ2v) is 7.39. The highest BCUT2D eigenvalue weighted by molar-refractivity contribution is 6.28. The van der Waals surface area contributed by atoms with Gasteiger partial charge in [0.15, 0.2) is 0 Å². The Bertz CT molecular complexity index is 583. The summed E-state index contributed by atoms with van der Waals surface area (Å²) >= 11 is 0. The van der Waals surface area contributed by atoms with Crippen LogP contribution in [0.4, 0.5) is 0 Å². The molecule has 0 heterocycles. The van der Waals surface area contributed by atoms with Gasteiger partial charge in [0.05, 0.1) is 5.04 Å². The third-order valence-corrected chi connectivity index (χ3v) is 6.39. The predicted octanol–water partition coefficient (Wildman–Crippen LogP) is 3.33. The van der Waals surface area contributed by atoms with Crippen molar-refractivity contribution in [3.05, 3.63) is 66.2 Å². The van der Waals surface area contributed by atoms with Crippen LogP contribution in [0.5, 0.6) is 5.75 Å². The third-order valence-electron chi connectivity index (χ3n) is 4.41. The maximum absolute atomic E-state index is 12.7. The standard InChI is InChI=1S/C18H22O2Si/c1-3-18(21,14(2)15-10-6-4-7-11-15)17(19)20-16-12-8-5-9-13-16/h4-14H,3H2,1-2,21H3. The number of rotatable bonds is 5. The van der Waals surface area contributed by atoms with Gasteiger partial charge in [-0.05, 0) is 30.0 Å². The second kappa shape index (κ2) is 6.72. The van der Waals surface area contributed by atoms with Crippen molar-refractivity contribution in [2.24, 2.45) is 0 Å². The van der Waals surface area contributed by atoms with E-state index < -0.39 is 5.04 Å². The van der Waals surface area contributed by atoms with E-state index in [1.807, 2.05) is 48.5 Å². The molecule has 0 N–H and O–H groups in total. The summed E-state index contributed by atoms with van der Waals surface area (Å²) in [4.78, 5) is 12.7. The highest BCUT2D eigenvalue weighted by atomic mass is 28.1. The molecule has 21 heavy (non-hydrogen) atoms. The van der Waals surface area contributed by atoms with Crippen LogP contribution < -0.4 is 4.74 Å². The SMILES string of the molecule is CCC([SiH3])(C(=O)Oc1ccccc1)C(C)c1ccccc1. The molecule has 0 amide bonds. The molecule has 0 radical (unpaired) electrons. The van der Waals surface area contributed by atoms with Crippen molar-refractivity contribution in [1.29, 1.82) is 0 Å². The van der Waals surface area contributed by atoms with E-state index >= 15 is 0 Å². The summed E-state index contributed by atoms with van der Waals surface area (Å²) in [6.45, 7) is 4.19. The Morgan fingerprint density at radius 2 is 1.62 bits per heavy atom.